The summed E-state index contributed by atoms with van der Waals surface area (Å²) in [6.45, 7) is -0.548. The molecule has 0 saturated heterocycles. The molecule has 2 rings (SSSR count). The van der Waals surface area contributed by atoms with Crippen LogP contribution < -0.4 is 16.4 Å². The van der Waals surface area contributed by atoms with E-state index < -0.39 is 35.4 Å². The summed E-state index contributed by atoms with van der Waals surface area (Å²) >= 11 is 0. The van der Waals surface area contributed by atoms with E-state index in [1.165, 1.54) is 24.3 Å². The number of nitro benzene ring substituents is 1. The van der Waals surface area contributed by atoms with Gasteiger partial charge in [0.25, 0.3) is 5.69 Å². The topological polar surface area (TPSA) is 148 Å². The van der Waals surface area contributed by atoms with E-state index in [2.05, 4.69) is 10.6 Å². The van der Waals surface area contributed by atoms with Crippen molar-refractivity contribution >= 4 is 23.2 Å². The van der Waals surface area contributed by atoms with Gasteiger partial charge in [-0.3, -0.25) is 19.7 Å². The number of carbonyl (C=O) groups is 2. The van der Waals surface area contributed by atoms with Crippen LogP contribution in [0.15, 0.2) is 54.6 Å². The van der Waals surface area contributed by atoms with Gasteiger partial charge in [0.15, 0.2) is 0 Å². The number of non-ortho nitro benzene ring substituents is 1. The third-order valence-electron chi connectivity index (χ3n) is 3.79. The van der Waals surface area contributed by atoms with Gasteiger partial charge in [-0.2, -0.15) is 0 Å². The van der Waals surface area contributed by atoms with Crippen LogP contribution in [0.25, 0.3) is 0 Å². The molecule has 5 N–H and O–H groups in total. The number of aliphatic hydroxyl groups excluding tert-OH is 1. The zero-order valence-corrected chi connectivity index (χ0v) is 14.4. The Morgan fingerprint density at radius 1 is 1.07 bits per heavy atom. The molecule has 9 heteroatoms. The predicted molar refractivity (Wildman–Crippen MR) is 98.9 cm³/mol. The fourth-order valence-corrected chi connectivity index (χ4v) is 2.32. The quantitative estimate of drug-likeness (QED) is 0.393. The van der Waals surface area contributed by atoms with E-state index in [1.54, 1.807) is 0 Å². The van der Waals surface area contributed by atoms with Crippen LogP contribution in [0.3, 0.4) is 0 Å². The van der Waals surface area contributed by atoms with Crippen LogP contribution in [0.2, 0.25) is 0 Å². The van der Waals surface area contributed by atoms with Crippen LogP contribution in [0.1, 0.15) is 5.56 Å². The Hall–Kier alpha value is -3.30. The molecule has 2 atom stereocenters. The van der Waals surface area contributed by atoms with Crippen molar-refractivity contribution in [2.45, 2.75) is 18.5 Å². The van der Waals surface area contributed by atoms with Gasteiger partial charge in [0.2, 0.25) is 11.8 Å². The summed E-state index contributed by atoms with van der Waals surface area (Å²) in [5, 5.41) is 24.8. The molecule has 142 valence electrons. The van der Waals surface area contributed by atoms with Gasteiger partial charge >= 0.3 is 0 Å². The summed E-state index contributed by atoms with van der Waals surface area (Å²) in [7, 11) is 0. The Morgan fingerprint density at radius 2 is 1.70 bits per heavy atom. The predicted octanol–water partition coefficient (Wildman–Crippen LogP) is 0.580. The van der Waals surface area contributed by atoms with Gasteiger partial charge < -0.3 is 21.5 Å². The third kappa shape index (κ3) is 5.87. The van der Waals surface area contributed by atoms with Crippen molar-refractivity contribution in [3.05, 3.63) is 70.3 Å². The molecule has 2 amide bonds. The number of nitro groups is 1. The van der Waals surface area contributed by atoms with Crippen molar-refractivity contribution in [2.24, 2.45) is 5.73 Å². The maximum atomic E-state index is 12.6. The Morgan fingerprint density at radius 3 is 2.26 bits per heavy atom. The summed E-state index contributed by atoms with van der Waals surface area (Å²) in [5.74, 6) is -1.16. The molecule has 2 aromatic carbocycles. The maximum absolute atomic E-state index is 12.6. The lowest BCUT2D eigenvalue weighted by atomic mass is 10.0. The number of hydrogen-bond acceptors (Lipinski definition) is 6. The number of amides is 2. The van der Waals surface area contributed by atoms with E-state index in [4.69, 9.17) is 10.8 Å². The number of anilines is 1. The minimum atomic E-state index is -1.14. The molecular weight excluding hydrogens is 352 g/mol. The maximum Gasteiger partial charge on any atom is 0.269 e. The van der Waals surface area contributed by atoms with Crippen LogP contribution in [-0.2, 0) is 16.0 Å². The number of nitrogens with two attached hydrogens (primary N) is 1. The number of carbonyl (C=O) groups excluding carboxylic acids is 2. The molecule has 27 heavy (non-hydrogen) atoms. The normalized spacial score (nSPS) is 12.7. The number of nitrogens with one attached hydrogen (secondary N) is 2. The Labute approximate surface area is 155 Å². The fourth-order valence-electron chi connectivity index (χ4n) is 2.32. The first kappa shape index (κ1) is 20.0. The lowest BCUT2D eigenvalue weighted by Crippen LogP contribution is -2.52. The molecule has 0 aliphatic heterocycles. The lowest BCUT2D eigenvalue weighted by molar-refractivity contribution is -0.384. The molecule has 0 heterocycles. The highest BCUT2D eigenvalue weighted by molar-refractivity contribution is 5.98. The largest absolute Gasteiger partial charge is 0.394 e. The van der Waals surface area contributed by atoms with Gasteiger partial charge in [-0.15, -0.1) is 0 Å². The monoisotopic (exact) mass is 372 g/mol. The SMILES string of the molecule is NC(CO)C(=O)NC(Cc1ccccc1)C(=O)Nc1ccc([N+](=O)[O-])cc1. The zero-order valence-electron chi connectivity index (χ0n) is 14.4. The summed E-state index contributed by atoms with van der Waals surface area (Å²) in [4.78, 5) is 34.8. The second-order valence-corrected chi connectivity index (χ2v) is 5.83. The van der Waals surface area contributed by atoms with E-state index in [0.29, 0.717) is 5.69 Å². The second-order valence-electron chi connectivity index (χ2n) is 5.83. The van der Waals surface area contributed by atoms with Crippen LogP contribution in [0.5, 0.6) is 0 Å². The van der Waals surface area contributed by atoms with Crippen molar-refractivity contribution < 1.29 is 19.6 Å². The molecule has 0 radical (unpaired) electrons. The van der Waals surface area contributed by atoms with Crippen LogP contribution in [-0.4, -0.2) is 40.5 Å². The van der Waals surface area contributed by atoms with E-state index in [0.717, 1.165) is 5.56 Å². The van der Waals surface area contributed by atoms with Crippen molar-refractivity contribution in [1.29, 1.82) is 0 Å². The summed E-state index contributed by atoms with van der Waals surface area (Å²) in [6.07, 6.45) is 0.212. The summed E-state index contributed by atoms with van der Waals surface area (Å²) in [5.41, 5.74) is 6.57. The number of nitrogens with zero attached hydrogens (tertiary/aromatic N) is 1. The fraction of sp³-hybridized carbons (Fsp3) is 0.222. The highest BCUT2D eigenvalue weighted by Gasteiger charge is 2.24. The van der Waals surface area contributed by atoms with Gasteiger partial charge in [-0.05, 0) is 17.7 Å². The van der Waals surface area contributed by atoms with E-state index in [9.17, 15) is 19.7 Å². The highest BCUT2D eigenvalue weighted by Crippen LogP contribution is 2.16. The molecule has 0 fully saturated rings. The van der Waals surface area contributed by atoms with Crippen molar-refractivity contribution in [1.82, 2.24) is 5.32 Å². The Balaban J connectivity index is 2.13. The molecule has 0 bridgehead atoms. The molecular formula is C18H20N4O5. The molecule has 0 aliphatic rings. The molecule has 0 aliphatic carbocycles. The highest BCUT2D eigenvalue weighted by atomic mass is 16.6. The first-order valence-electron chi connectivity index (χ1n) is 8.16. The van der Waals surface area contributed by atoms with E-state index in [1.807, 2.05) is 30.3 Å². The zero-order chi connectivity index (χ0) is 19.8. The van der Waals surface area contributed by atoms with Crippen LogP contribution in [0, 0.1) is 10.1 Å². The first-order valence-corrected chi connectivity index (χ1v) is 8.16. The molecule has 0 saturated carbocycles. The van der Waals surface area contributed by atoms with Gasteiger partial charge in [-0.25, -0.2) is 0 Å². The van der Waals surface area contributed by atoms with Gasteiger partial charge in [0, 0.05) is 24.2 Å². The number of hydrogen-bond donors (Lipinski definition) is 4. The standard InChI is InChI=1S/C18H20N4O5/c19-15(11-23)17(24)21-16(10-12-4-2-1-3-5-12)18(25)20-13-6-8-14(9-7-13)22(26)27/h1-9,15-16,23H,10-11,19H2,(H,20,25)(H,21,24). The average Bonchev–Trinajstić information content (AvgIpc) is 2.67. The van der Waals surface area contributed by atoms with Crippen LogP contribution >= 0.6 is 0 Å². The molecule has 2 aromatic rings. The molecule has 9 nitrogen and oxygen atoms in total. The molecule has 0 spiro atoms. The average molecular weight is 372 g/mol. The minimum Gasteiger partial charge on any atom is -0.394 e. The summed E-state index contributed by atoms with van der Waals surface area (Å²) < 4.78 is 0. The van der Waals surface area contributed by atoms with Crippen molar-refractivity contribution in [3.63, 3.8) is 0 Å². The molecule has 0 aromatic heterocycles. The van der Waals surface area contributed by atoms with Gasteiger partial charge in [0.05, 0.1) is 11.5 Å². The van der Waals surface area contributed by atoms with Crippen molar-refractivity contribution in [2.75, 3.05) is 11.9 Å². The third-order valence-corrected chi connectivity index (χ3v) is 3.79. The Kier molecular flexibility index (Phi) is 6.98. The van der Waals surface area contributed by atoms with E-state index >= 15 is 0 Å². The van der Waals surface area contributed by atoms with Gasteiger partial charge in [0.1, 0.15) is 12.1 Å². The molecule has 2 unspecified atom stereocenters. The van der Waals surface area contributed by atoms with Crippen molar-refractivity contribution in [3.8, 4) is 0 Å². The van der Waals surface area contributed by atoms with E-state index in [-0.39, 0.29) is 12.1 Å². The second kappa shape index (κ2) is 9.41. The lowest BCUT2D eigenvalue weighted by Gasteiger charge is -2.20. The number of aliphatic hydroxyl groups is 1. The van der Waals surface area contributed by atoms with Gasteiger partial charge in [-0.1, -0.05) is 30.3 Å². The number of benzene rings is 2. The summed E-state index contributed by atoms with van der Waals surface area (Å²) in [6, 6.07) is 12.3. The van der Waals surface area contributed by atoms with Crippen LogP contribution in [0.4, 0.5) is 11.4 Å². The minimum absolute atomic E-state index is 0.101. The number of rotatable bonds is 8. The Bertz CT molecular complexity index is 795. The smallest absolute Gasteiger partial charge is 0.269 e. The first-order chi connectivity index (χ1) is 12.9.